The summed E-state index contributed by atoms with van der Waals surface area (Å²) in [5.74, 6) is -0.663. The highest BCUT2D eigenvalue weighted by atomic mass is 31.3. The third-order valence-corrected chi connectivity index (χ3v) is 13.2. The van der Waals surface area contributed by atoms with Gasteiger partial charge in [-0.1, -0.05) is 120 Å². The van der Waals surface area contributed by atoms with Crippen molar-refractivity contribution in [3.63, 3.8) is 0 Å². The Hall–Kier alpha value is -3.32. The maximum absolute atomic E-state index is 12.8. The first-order valence-corrected chi connectivity index (χ1v) is 27.0. The Morgan fingerprint density at radius 2 is 1.29 bits per heavy atom. The highest BCUT2D eigenvalue weighted by molar-refractivity contribution is 7.61. The van der Waals surface area contributed by atoms with Gasteiger partial charge in [0, 0.05) is 19.0 Å². The zero-order valence-electron chi connectivity index (χ0n) is 40.2. The Labute approximate surface area is 402 Å². The van der Waals surface area contributed by atoms with Gasteiger partial charge in [0.25, 0.3) is 0 Å². The van der Waals surface area contributed by atoms with Gasteiger partial charge in [-0.2, -0.15) is 9.29 Å². The van der Waals surface area contributed by atoms with Crippen LogP contribution in [0.5, 0.6) is 0 Å². The molecule has 1 aromatic heterocycles. The number of phosphoric acid groups is 2. The SMILES string of the molecule is CC(C)CCCCCCCCCCCC(=O)O[C@H](COC(=O)CCC/C=C\C/C=C\C/C=C\C/C=C\CCC[C@@H](C)O)COP(=O)(O)OP(=O)(O)OC[C@H]1O[C@@H](n2ccc(N)nc2=O)[C@H](O)[C@@H]1O. The highest BCUT2D eigenvalue weighted by Crippen LogP contribution is 2.60. The van der Waals surface area contributed by atoms with E-state index in [1.165, 1.54) is 38.2 Å². The zero-order valence-corrected chi connectivity index (χ0v) is 42.0. The van der Waals surface area contributed by atoms with Crippen molar-refractivity contribution in [1.29, 1.82) is 0 Å². The van der Waals surface area contributed by atoms with Crippen molar-refractivity contribution in [2.45, 2.75) is 186 Å². The lowest BCUT2D eigenvalue weighted by Crippen LogP contribution is -2.36. The second-order valence-corrected chi connectivity index (χ2v) is 20.4. The molecule has 0 amide bonds. The Kier molecular flexibility index (Phi) is 31.2. The number of ether oxygens (including phenoxy) is 3. The van der Waals surface area contributed by atoms with Gasteiger partial charge in [-0.05, 0) is 76.7 Å². The minimum absolute atomic E-state index is 0.0311. The van der Waals surface area contributed by atoms with Crippen molar-refractivity contribution in [2.75, 3.05) is 25.6 Å². The number of nitrogen functional groups attached to an aromatic ring is 1. The Morgan fingerprint density at radius 1 is 0.750 bits per heavy atom. The summed E-state index contributed by atoms with van der Waals surface area (Å²) in [5.41, 5.74) is 4.57. The first kappa shape index (κ1) is 60.8. The molecule has 21 heteroatoms. The molecule has 2 heterocycles. The standard InChI is InChI=1S/C47H79N3O16P2/c1-37(2)28-24-20-16-12-11-15-19-23-27-31-43(53)64-39(34-61-42(52)30-26-22-18-14-10-8-6-4-5-7-9-13-17-21-25-29-38(3)51)35-62-67(57,58)66-68(59,60)63-36-40-44(54)45(55)46(65-40)50-33-32-41(48)49-47(50)56/h5-8,13-14,17-18,32-33,37-40,44-46,51,54-55H,4,9-12,15-16,19-31,34-36H2,1-3H3,(H,57,58)(H,59,60)(H2,48,49,56)/b7-5-,8-6-,17-13-,18-14-/t38-,39-,40-,44-,45-,46-/m1/s1. The number of esters is 2. The molecule has 388 valence electrons. The molecule has 1 fully saturated rings. The Morgan fingerprint density at radius 3 is 1.88 bits per heavy atom. The van der Waals surface area contributed by atoms with E-state index in [2.05, 4.69) is 59.6 Å². The molecule has 1 saturated heterocycles. The van der Waals surface area contributed by atoms with Gasteiger partial charge in [0.05, 0.1) is 19.3 Å². The van der Waals surface area contributed by atoms with E-state index in [-0.39, 0.29) is 24.8 Å². The maximum atomic E-state index is 12.8. The lowest BCUT2D eigenvalue weighted by atomic mass is 10.0. The zero-order chi connectivity index (χ0) is 50.2. The molecular formula is C47H79N3O16P2. The molecule has 68 heavy (non-hydrogen) atoms. The fourth-order valence-electron chi connectivity index (χ4n) is 6.86. The Balaban J connectivity index is 1.83. The van der Waals surface area contributed by atoms with Crippen LogP contribution in [0, 0.1) is 5.92 Å². The molecule has 0 aromatic carbocycles. The predicted molar refractivity (Wildman–Crippen MR) is 258 cm³/mol. The number of anilines is 1. The van der Waals surface area contributed by atoms with E-state index < -0.39 is 83.7 Å². The topological polar surface area (TPSA) is 286 Å². The average molecular weight is 1000 g/mol. The summed E-state index contributed by atoms with van der Waals surface area (Å²) < 4.78 is 56.6. The largest absolute Gasteiger partial charge is 0.481 e. The third kappa shape index (κ3) is 29.0. The molecule has 8 atom stereocenters. The number of carbonyl (C=O) groups excluding carboxylic acids is 2. The van der Waals surface area contributed by atoms with Crippen LogP contribution >= 0.6 is 15.6 Å². The summed E-state index contributed by atoms with van der Waals surface area (Å²) in [7, 11) is -10.9. The van der Waals surface area contributed by atoms with E-state index in [9.17, 15) is 48.6 Å². The second kappa shape index (κ2) is 34.9. The minimum atomic E-state index is -5.44. The van der Waals surface area contributed by atoms with Crippen LogP contribution in [-0.4, -0.2) is 96.9 Å². The van der Waals surface area contributed by atoms with Crippen molar-refractivity contribution in [1.82, 2.24) is 9.55 Å². The van der Waals surface area contributed by atoms with Crippen molar-refractivity contribution in [2.24, 2.45) is 5.92 Å². The number of phosphoric ester groups is 2. The predicted octanol–water partition coefficient (Wildman–Crippen LogP) is 8.21. The van der Waals surface area contributed by atoms with E-state index >= 15 is 0 Å². The molecule has 1 aromatic rings. The van der Waals surface area contributed by atoms with Crippen LogP contribution in [0.25, 0.3) is 0 Å². The van der Waals surface area contributed by atoms with Gasteiger partial charge in [0.1, 0.15) is 30.7 Å². The van der Waals surface area contributed by atoms with Crippen molar-refractivity contribution in [3.8, 4) is 0 Å². The maximum Gasteiger partial charge on any atom is 0.481 e. The molecule has 0 saturated carbocycles. The van der Waals surface area contributed by atoms with Crippen LogP contribution in [0.3, 0.4) is 0 Å². The molecule has 2 unspecified atom stereocenters. The van der Waals surface area contributed by atoms with Crippen molar-refractivity contribution >= 4 is 33.4 Å². The highest BCUT2D eigenvalue weighted by Gasteiger charge is 2.46. The fourth-order valence-corrected chi connectivity index (χ4v) is 8.97. The van der Waals surface area contributed by atoms with Crippen LogP contribution in [0.15, 0.2) is 65.7 Å². The van der Waals surface area contributed by atoms with Crippen LogP contribution < -0.4 is 11.4 Å². The van der Waals surface area contributed by atoms with E-state index in [1.54, 1.807) is 6.92 Å². The molecule has 1 aliphatic heterocycles. The summed E-state index contributed by atoms with van der Waals surface area (Å²) in [4.78, 5) is 61.7. The van der Waals surface area contributed by atoms with Gasteiger partial charge < -0.3 is 45.1 Å². The number of hydrogen-bond acceptors (Lipinski definition) is 16. The smallest absolute Gasteiger partial charge is 0.462 e. The van der Waals surface area contributed by atoms with Gasteiger partial charge in [0.2, 0.25) is 0 Å². The van der Waals surface area contributed by atoms with Crippen LogP contribution in [0.4, 0.5) is 5.82 Å². The second-order valence-electron chi connectivity index (χ2n) is 17.4. The molecule has 7 N–H and O–H groups in total. The molecule has 0 radical (unpaired) electrons. The molecule has 19 nitrogen and oxygen atoms in total. The van der Waals surface area contributed by atoms with Crippen LogP contribution in [-0.2, 0) is 46.3 Å². The quantitative estimate of drug-likeness (QED) is 0.0157. The molecule has 2 rings (SSSR count). The first-order chi connectivity index (χ1) is 32.4. The minimum Gasteiger partial charge on any atom is -0.462 e. The van der Waals surface area contributed by atoms with Gasteiger partial charge in [-0.25, -0.2) is 13.9 Å². The number of allylic oxidation sites excluding steroid dienone is 8. The van der Waals surface area contributed by atoms with E-state index in [0.29, 0.717) is 19.3 Å². The number of nitrogens with zero attached hydrogens (tertiary/aromatic N) is 2. The van der Waals surface area contributed by atoms with Gasteiger partial charge >= 0.3 is 33.3 Å². The number of rotatable bonds is 38. The summed E-state index contributed by atoms with van der Waals surface area (Å²) in [5, 5.41) is 30.2. The average Bonchev–Trinajstić information content (AvgIpc) is 3.55. The number of aliphatic hydroxyl groups is 3. The number of nitrogens with two attached hydrogens (primary N) is 1. The molecule has 1 aliphatic rings. The number of unbranched alkanes of at least 4 members (excludes halogenated alkanes) is 10. The summed E-state index contributed by atoms with van der Waals surface area (Å²) in [6.07, 6.45) is 26.5. The van der Waals surface area contributed by atoms with Gasteiger partial charge in [0.15, 0.2) is 12.3 Å². The summed E-state index contributed by atoms with van der Waals surface area (Å²) in [6, 6.07) is 1.24. The van der Waals surface area contributed by atoms with Crippen molar-refractivity contribution < 1.29 is 71.4 Å². The van der Waals surface area contributed by atoms with E-state index in [1.807, 2.05) is 12.2 Å². The van der Waals surface area contributed by atoms with E-state index in [0.717, 1.165) is 80.9 Å². The lowest BCUT2D eigenvalue weighted by molar-refractivity contribution is -0.161. The van der Waals surface area contributed by atoms with Gasteiger partial charge in [-0.3, -0.25) is 23.2 Å². The normalized spacial score (nSPS) is 20.4. The monoisotopic (exact) mass is 1000 g/mol. The molecule has 0 bridgehead atoms. The van der Waals surface area contributed by atoms with Gasteiger partial charge in [-0.15, -0.1) is 0 Å². The number of hydrogen-bond donors (Lipinski definition) is 6. The summed E-state index contributed by atoms with van der Waals surface area (Å²) >= 11 is 0. The first-order valence-electron chi connectivity index (χ1n) is 24.0. The number of aromatic nitrogens is 2. The lowest BCUT2D eigenvalue weighted by Gasteiger charge is -2.21. The molecule has 0 aliphatic carbocycles. The molecule has 0 spiro atoms. The van der Waals surface area contributed by atoms with Crippen LogP contribution in [0.2, 0.25) is 0 Å². The fraction of sp³-hybridized carbons (Fsp3) is 0.702. The van der Waals surface area contributed by atoms with Crippen molar-refractivity contribution in [3.05, 3.63) is 71.4 Å². The molecular weight excluding hydrogens is 924 g/mol. The van der Waals surface area contributed by atoms with E-state index in [4.69, 9.17) is 29.0 Å². The summed E-state index contributed by atoms with van der Waals surface area (Å²) in [6.45, 7) is 3.89. The number of carbonyl (C=O) groups is 2. The van der Waals surface area contributed by atoms with Crippen LogP contribution in [0.1, 0.15) is 155 Å². The number of aliphatic hydroxyl groups excluding tert-OH is 3. The Bertz CT molecular complexity index is 1860. The third-order valence-electron chi connectivity index (χ3n) is 10.6.